The maximum atomic E-state index is 9.38. The Balaban J connectivity index is 2.16. The largest absolute Gasteiger partial charge is 0.396 e. The smallest absolute Gasteiger partial charge is 0.129 e. The van der Waals surface area contributed by atoms with Gasteiger partial charge in [0.2, 0.25) is 0 Å². The maximum Gasteiger partial charge on any atom is 0.129 e. The molecule has 1 aromatic rings. The lowest BCUT2D eigenvalue weighted by Gasteiger charge is -2.11. The van der Waals surface area contributed by atoms with E-state index in [1.807, 2.05) is 17.8 Å². The number of benzene rings is 1. The zero-order valence-electron chi connectivity index (χ0n) is 11.2. The van der Waals surface area contributed by atoms with Crippen LogP contribution < -0.4 is 0 Å². The van der Waals surface area contributed by atoms with Gasteiger partial charge in [0.1, 0.15) is 8.07 Å². The summed E-state index contributed by atoms with van der Waals surface area (Å²) in [6, 6.07) is 10.4. The normalized spacial score (nSPS) is 26.3. The van der Waals surface area contributed by atoms with Crippen molar-refractivity contribution in [3.05, 3.63) is 30.3 Å². The van der Waals surface area contributed by atoms with E-state index in [4.69, 9.17) is 0 Å². The molecule has 1 saturated carbocycles. The topological polar surface area (TPSA) is 20.2 Å². The molecule has 3 heteroatoms. The Morgan fingerprint density at radius 2 is 2.00 bits per heavy atom. The van der Waals surface area contributed by atoms with Gasteiger partial charge in [0.25, 0.3) is 0 Å². The van der Waals surface area contributed by atoms with Crippen LogP contribution in [0.1, 0.15) is 6.42 Å². The average molecular weight is 276 g/mol. The van der Waals surface area contributed by atoms with E-state index in [-0.39, 0.29) is 11.4 Å². The number of rotatable bonds is 3. The maximum absolute atomic E-state index is 9.38. The van der Waals surface area contributed by atoms with E-state index < -0.39 is 8.07 Å². The van der Waals surface area contributed by atoms with Crippen LogP contribution in [-0.4, -0.2) is 24.5 Å². The minimum Gasteiger partial charge on any atom is -0.396 e. The third-order valence-electron chi connectivity index (χ3n) is 2.96. The summed E-state index contributed by atoms with van der Waals surface area (Å²) in [5.41, 5.74) is 3.47. The van der Waals surface area contributed by atoms with Gasteiger partial charge in [0.05, 0.1) is 4.75 Å². The van der Waals surface area contributed by atoms with Gasteiger partial charge in [-0.25, -0.2) is 0 Å². The lowest BCUT2D eigenvalue weighted by Crippen LogP contribution is -2.18. The van der Waals surface area contributed by atoms with Crippen molar-refractivity contribution in [2.75, 3.05) is 6.61 Å². The van der Waals surface area contributed by atoms with E-state index in [1.165, 1.54) is 4.90 Å². The standard InChI is InChI=1S/C15H20OSSi/c1-18(2,3)10-9-15(11-13(15)12-16)17-14-7-5-4-6-8-14/h4-8,13,16H,11-12H2,1-3H3. The summed E-state index contributed by atoms with van der Waals surface area (Å²) in [5, 5.41) is 9.38. The molecular weight excluding hydrogens is 256 g/mol. The van der Waals surface area contributed by atoms with Crippen molar-refractivity contribution in [1.82, 2.24) is 0 Å². The number of thioether (sulfide) groups is 1. The van der Waals surface area contributed by atoms with Gasteiger partial charge in [0, 0.05) is 17.4 Å². The van der Waals surface area contributed by atoms with Crippen LogP contribution >= 0.6 is 11.8 Å². The molecule has 96 valence electrons. The second-order valence-corrected chi connectivity index (χ2v) is 12.0. The Morgan fingerprint density at radius 1 is 1.33 bits per heavy atom. The highest BCUT2D eigenvalue weighted by atomic mass is 32.2. The molecular formula is C15H20OSSi. The van der Waals surface area contributed by atoms with Gasteiger partial charge in [0.15, 0.2) is 0 Å². The van der Waals surface area contributed by atoms with Gasteiger partial charge in [-0.3, -0.25) is 0 Å². The van der Waals surface area contributed by atoms with Gasteiger partial charge < -0.3 is 5.11 Å². The van der Waals surface area contributed by atoms with Crippen LogP contribution in [0.4, 0.5) is 0 Å². The predicted molar refractivity (Wildman–Crippen MR) is 81.3 cm³/mol. The third kappa shape index (κ3) is 3.41. The molecule has 2 unspecified atom stereocenters. The van der Waals surface area contributed by atoms with Crippen molar-refractivity contribution >= 4 is 19.8 Å². The molecule has 0 saturated heterocycles. The fraction of sp³-hybridized carbons (Fsp3) is 0.467. The second-order valence-electron chi connectivity index (χ2n) is 5.89. The Hall–Kier alpha value is -0.693. The zero-order valence-corrected chi connectivity index (χ0v) is 13.1. The highest BCUT2D eigenvalue weighted by Crippen LogP contribution is 2.56. The molecule has 0 heterocycles. The Kier molecular flexibility index (Phi) is 3.91. The van der Waals surface area contributed by atoms with Gasteiger partial charge in [-0.05, 0) is 18.6 Å². The highest BCUT2D eigenvalue weighted by molar-refractivity contribution is 8.01. The molecule has 0 aliphatic heterocycles. The molecule has 2 atom stereocenters. The van der Waals surface area contributed by atoms with E-state index in [0.717, 1.165) is 6.42 Å². The Labute approximate surface area is 115 Å². The van der Waals surface area contributed by atoms with E-state index in [2.05, 4.69) is 55.4 Å². The molecule has 0 radical (unpaired) electrons. The van der Waals surface area contributed by atoms with Gasteiger partial charge in [-0.2, -0.15) is 0 Å². The van der Waals surface area contributed by atoms with E-state index in [0.29, 0.717) is 5.92 Å². The van der Waals surface area contributed by atoms with Crippen LogP contribution in [0.2, 0.25) is 19.6 Å². The summed E-state index contributed by atoms with van der Waals surface area (Å²) in [7, 11) is -1.34. The fourth-order valence-corrected chi connectivity index (χ4v) is 3.85. The lowest BCUT2D eigenvalue weighted by molar-refractivity contribution is 0.275. The monoisotopic (exact) mass is 276 g/mol. The molecule has 0 aromatic heterocycles. The number of aliphatic hydroxyl groups excluding tert-OH is 1. The molecule has 1 aliphatic rings. The third-order valence-corrected chi connectivity index (χ3v) is 5.31. The molecule has 0 spiro atoms. The molecule has 0 amide bonds. The number of aliphatic hydroxyl groups is 1. The summed E-state index contributed by atoms with van der Waals surface area (Å²) in [4.78, 5) is 1.25. The number of hydrogen-bond acceptors (Lipinski definition) is 2. The van der Waals surface area contributed by atoms with Crippen molar-refractivity contribution in [2.45, 2.75) is 35.7 Å². The quantitative estimate of drug-likeness (QED) is 0.674. The van der Waals surface area contributed by atoms with Gasteiger partial charge in [-0.15, -0.1) is 17.3 Å². The first-order valence-electron chi connectivity index (χ1n) is 6.34. The first-order valence-corrected chi connectivity index (χ1v) is 10.7. The first kappa shape index (κ1) is 13.7. The summed E-state index contributed by atoms with van der Waals surface area (Å²) in [5.74, 6) is 3.81. The van der Waals surface area contributed by atoms with E-state index in [9.17, 15) is 5.11 Å². The molecule has 1 N–H and O–H groups in total. The van der Waals surface area contributed by atoms with Gasteiger partial charge in [-0.1, -0.05) is 43.8 Å². The molecule has 1 nitrogen and oxygen atoms in total. The summed E-state index contributed by atoms with van der Waals surface area (Å²) in [6.45, 7) is 7.03. The van der Waals surface area contributed by atoms with Crippen molar-refractivity contribution in [3.8, 4) is 11.5 Å². The summed E-state index contributed by atoms with van der Waals surface area (Å²) < 4.78 is -0.0314. The molecule has 1 aromatic carbocycles. The van der Waals surface area contributed by atoms with Gasteiger partial charge >= 0.3 is 0 Å². The lowest BCUT2D eigenvalue weighted by atomic mass is 10.3. The van der Waals surface area contributed by atoms with Crippen molar-refractivity contribution in [3.63, 3.8) is 0 Å². The Bertz CT molecular complexity index is 469. The minimum atomic E-state index is -1.34. The highest BCUT2D eigenvalue weighted by Gasteiger charge is 2.53. The van der Waals surface area contributed by atoms with E-state index in [1.54, 1.807) is 0 Å². The minimum absolute atomic E-state index is 0.0314. The van der Waals surface area contributed by atoms with Crippen LogP contribution in [0.5, 0.6) is 0 Å². The molecule has 1 fully saturated rings. The van der Waals surface area contributed by atoms with Crippen molar-refractivity contribution < 1.29 is 5.11 Å². The SMILES string of the molecule is C[Si](C)(C)C#CC1(Sc2ccccc2)CC1CO. The molecule has 0 bridgehead atoms. The van der Waals surface area contributed by atoms with E-state index >= 15 is 0 Å². The zero-order chi connectivity index (χ0) is 13.2. The molecule has 18 heavy (non-hydrogen) atoms. The van der Waals surface area contributed by atoms with Crippen LogP contribution in [0.25, 0.3) is 0 Å². The fourth-order valence-electron chi connectivity index (χ4n) is 1.81. The van der Waals surface area contributed by atoms with Crippen molar-refractivity contribution in [2.24, 2.45) is 5.92 Å². The van der Waals surface area contributed by atoms with Crippen LogP contribution in [-0.2, 0) is 0 Å². The van der Waals surface area contributed by atoms with Crippen LogP contribution in [0.3, 0.4) is 0 Å². The molecule has 2 rings (SSSR count). The van der Waals surface area contributed by atoms with Crippen LogP contribution in [0.15, 0.2) is 35.2 Å². The number of hydrogen-bond donors (Lipinski definition) is 1. The molecule has 1 aliphatic carbocycles. The Morgan fingerprint density at radius 3 is 2.50 bits per heavy atom. The van der Waals surface area contributed by atoms with Crippen molar-refractivity contribution in [1.29, 1.82) is 0 Å². The second kappa shape index (κ2) is 5.12. The van der Waals surface area contributed by atoms with Crippen LogP contribution in [0, 0.1) is 17.4 Å². The predicted octanol–water partition coefficient (Wildman–Crippen LogP) is 3.41. The average Bonchev–Trinajstić information content (AvgIpc) is 3.01. The summed E-state index contributed by atoms with van der Waals surface area (Å²) >= 11 is 1.82. The first-order chi connectivity index (χ1) is 8.45. The summed E-state index contributed by atoms with van der Waals surface area (Å²) in [6.07, 6.45) is 1.01.